The topological polar surface area (TPSA) is 46.6 Å². The number of carbonyl (C=O) groups is 2. The Bertz CT molecular complexity index is 543. The second kappa shape index (κ2) is 5.26. The largest absolute Gasteiger partial charge is 0.463 e. The Labute approximate surface area is 112 Å². The van der Waals surface area contributed by atoms with Gasteiger partial charge in [-0.3, -0.25) is 9.69 Å². The van der Waals surface area contributed by atoms with E-state index in [1.165, 1.54) is 0 Å². The first-order chi connectivity index (χ1) is 9.04. The molecule has 0 fully saturated rings. The third kappa shape index (κ3) is 2.52. The van der Waals surface area contributed by atoms with Crippen molar-refractivity contribution in [3.63, 3.8) is 0 Å². The van der Waals surface area contributed by atoms with Gasteiger partial charge in [-0.15, -0.1) is 0 Å². The van der Waals surface area contributed by atoms with Crippen LogP contribution in [0, 0.1) is 6.92 Å². The highest BCUT2D eigenvalue weighted by molar-refractivity contribution is 6.09. The average Bonchev–Trinajstić information content (AvgIpc) is 2.67. The Hall–Kier alpha value is -2.10. The van der Waals surface area contributed by atoms with E-state index in [0.717, 1.165) is 11.3 Å². The first kappa shape index (κ1) is 13.3. The molecule has 0 spiro atoms. The molecule has 1 heterocycles. The van der Waals surface area contributed by atoms with Gasteiger partial charge in [0.2, 0.25) is 5.91 Å². The number of nitrogens with zero attached hydrogens (tertiary/aromatic N) is 1. The van der Waals surface area contributed by atoms with Crippen LogP contribution in [0.5, 0.6) is 0 Å². The number of allylic oxidation sites excluding steroid dienone is 1. The number of aryl methyl sites for hydroxylation is 1. The number of anilines is 1. The summed E-state index contributed by atoms with van der Waals surface area (Å²) in [5.41, 5.74) is 3.02. The normalized spacial score (nSPS) is 15.1. The van der Waals surface area contributed by atoms with Crippen LogP contribution in [0.15, 0.2) is 35.5 Å². The number of amides is 1. The Morgan fingerprint density at radius 3 is 2.47 bits per heavy atom. The summed E-state index contributed by atoms with van der Waals surface area (Å²) in [4.78, 5) is 25.4. The van der Waals surface area contributed by atoms with Crippen molar-refractivity contribution in [2.24, 2.45) is 0 Å². The minimum Gasteiger partial charge on any atom is -0.463 e. The minimum atomic E-state index is -0.400. The lowest BCUT2D eigenvalue weighted by Crippen LogP contribution is -2.23. The summed E-state index contributed by atoms with van der Waals surface area (Å²) in [6, 6.07) is 7.64. The lowest BCUT2D eigenvalue weighted by Gasteiger charge is -2.18. The summed E-state index contributed by atoms with van der Waals surface area (Å²) in [6.45, 7) is 5.83. The zero-order valence-corrected chi connectivity index (χ0v) is 11.4. The highest BCUT2D eigenvalue weighted by Crippen LogP contribution is 2.30. The van der Waals surface area contributed by atoms with Gasteiger partial charge in [0.05, 0.1) is 18.6 Å². The fourth-order valence-electron chi connectivity index (χ4n) is 2.15. The van der Waals surface area contributed by atoms with Crippen molar-refractivity contribution in [3.05, 3.63) is 41.1 Å². The predicted octanol–water partition coefficient (Wildman–Crippen LogP) is 2.57. The first-order valence-electron chi connectivity index (χ1n) is 6.31. The van der Waals surface area contributed by atoms with E-state index in [-0.39, 0.29) is 12.3 Å². The number of carbonyl (C=O) groups excluding carboxylic acids is 2. The van der Waals surface area contributed by atoms with Gasteiger partial charge < -0.3 is 4.74 Å². The molecule has 0 bridgehead atoms. The first-order valence-corrected chi connectivity index (χ1v) is 6.31. The molecule has 2 rings (SSSR count). The number of ether oxygens (including phenoxy) is 1. The number of rotatable bonds is 3. The minimum absolute atomic E-state index is 0.0931. The molecule has 1 aromatic rings. The molecule has 0 unspecified atom stereocenters. The summed E-state index contributed by atoms with van der Waals surface area (Å²) in [7, 11) is 0. The summed E-state index contributed by atoms with van der Waals surface area (Å²) in [5.74, 6) is -0.493. The quantitative estimate of drug-likeness (QED) is 0.784. The number of hydrogen-bond acceptors (Lipinski definition) is 3. The summed E-state index contributed by atoms with van der Waals surface area (Å²) < 4.78 is 4.97. The summed E-state index contributed by atoms with van der Waals surface area (Å²) >= 11 is 0. The van der Waals surface area contributed by atoms with Crippen molar-refractivity contribution >= 4 is 17.6 Å². The molecule has 0 aliphatic carbocycles. The molecule has 1 aliphatic rings. The van der Waals surface area contributed by atoms with Gasteiger partial charge in [0.1, 0.15) is 0 Å². The molecule has 1 amide bonds. The summed E-state index contributed by atoms with van der Waals surface area (Å²) in [5, 5.41) is 0. The molecule has 0 atom stereocenters. The van der Waals surface area contributed by atoms with Gasteiger partial charge in [-0.2, -0.15) is 0 Å². The van der Waals surface area contributed by atoms with Gasteiger partial charge in [-0.1, -0.05) is 17.7 Å². The average molecular weight is 259 g/mol. The van der Waals surface area contributed by atoms with E-state index < -0.39 is 5.97 Å². The smallest absolute Gasteiger partial charge is 0.336 e. The highest BCUT2D eigenvalue weighted by Gasteiger charge is 2.32. The van der Waals surface area contributed by atoms with Crippen LogP contribution in [0.1, 0.15) is 25.8 Å². The van der Waals surface area contributed by atoms with E-state index in [1.54, 1.807) is 18.7 Å². The van der Waals surface area contributed by atoms with Crippen molar-refractivity contribution in [2.75, 3.05) is 11.5 Å². The lowest BCUT2D eigenvalue weighted by atomic mass is 10.2. The van der Waals surface area contributed by atoms with Crippen molar-refractivity contribution in [1.29, 1.82) is 0 Å². The van der Waals surface area contributed by atoms with Crippen LogP contribution >= 0.6 is 0 Å². The van der Waals surface area contributed by atoms with Gasteiger partial charge >= 0.3 is 5.97 Å². The van der Waals surface area contributed by atoms with E-state index in [2.05, 4.69) is 0 Å². The second-order valence-corrected chi connectivity index (χ2v) is 4.53. The van der Waals surface area contributed by atoms with Crippen LogP contribution < -0.4 is 4.90 Å². The van der Waals surface area contributed by atoms with Gasteiger partial charge in [0, 0.05) is 11.4 Å². The predicted molar refractivity (Wildman–Crippen MR) is 72.6 cm³/mol. The lowest BCUT2D eigenvalue weighted by molar-refractivity contribution is -0.139. The van der Waals surface area contributed by atoms with Gasteiger partial charge in [0.15, 0.2) is 0 Å². The molecule has 1 aromatic carbocycles. The van der Waals surface area contributed by atoms with Crippen LogP contribution in [0.3, 0.4) is 0 Å². The van der Waals surface area contributed by atoms with Crippen LogP contribution in [-0.2, 0) is 14.3 Å². The van der Waals surface area contributed by atoms with E-state index in [1.807, 2.05) is 31.2 Å². The van der Waals surface area contributed by atoms with Crippen LogP contribution in [0.25, 0.3) is 0 Å². The van der Waals surface area contributed by atoms with E-state index in [4.69, 9.17) is 4.74 Å². The molecule has 0 aromatic heterocycles. The Balaban J connectivity index is 2.33. The Morgan fingerprint density at radius 2 is 1.89 bits per heavy atom. The molecule has 0 saturated carbocycles. The monoisotopic (exact) mass is 259 g/mol. The molecule has 19 heavy (non-hydrogen) atoms. The molecule has 0 N–H and O–H groups in total. The SMILES string of the molecule is CCOC(=O)C1=C(C)N(c2ccc(C)cc2)C(=O)C1. The summed E-state index contributed by atoms with van der Waals surface area (Å²) in [6.07, 6.45) is 0.110. The van der Waals surface area contributed by atoms with E-state index in [0.29, 0.717) is 17.9 Å². The Kier molecular flexibility index (Phi) is 3.69. The molecular formula is C15H17NO3. The van der Waals surface area contributed by atoms with Gasteiger partial charge in [0.25, 0.3) is 0 Å². The second-order valence-electron chi connectivity index (χ2n) is 4.53. The number of benzene rings is 1. The maximum atomic E-state index is 12.1. The van der Waals surface area contributed by atoms with Crippen molar-refractivity contribution in [1.82, 2.24) is 0 Å². The van der Waals surface area contributed by atoms with Crippen LogP contribution in [0.4, 0.5) is 5.69 Å². The van der Waals surface area contributed by atoms with Crippen LogP contribution in [-0.4, -0.2) is 18.5 Å². The third-order valence-corrected chi connectivity index (χ3v) is 3.16. The fraction of sp³-hybridized carbons (Fsp3) is 0.333. The van der Waals surface area contributed by atoms with E-state index >= 15 is 0 Å². The Morgan fingerprint density at radius 1 is 1.26 bits per heavy atom. The maximum absolute atomic E-state index is 12.1. The molecule has 4 nitrogen and oxygen atoms in total. The molecule has 0 radical (unpaired) electrons. The number of hydrogen-bond donors (Lipinski definition) is 0. The highest BCUT2D eigenvalue weighted by atomic mass is 16.5. The standard InChI is InChI=1S/C15H17NO3/c1-4-19-15(18)13-9-14(17)16(11(13)3)12-7-5-10(2)6-8-12/h5-8H,4,9H2,1-3H3. The molecular weight excluding hydrogens is 242 g/mol. The van der Waals surface area contributed by atoms with E-state index in [9.17, 15) is 9.59 Å². The molecule has 1 aliphatic heterocycles. The number of esters is 1. The third-order valence-electron chi connectivity index (χ3n) is 3.16. The molecule has 100 valence electrons. The van der Waals surface area contributed by atoms with Crippen molar-refractivity contribution in [3.8, 4) is 0 Å². The van der Waals surface area contributed by atoms with Gasteiger partial charge in [-0.05, 0) is 32.9 Å². The van der Waals surface area contributed by atoms with Crippen molar-refractivity contribution in [2.45, 2.75) is 27.2 Å². The fourth-order valence-corrected chi connectivity index (χ4v) is 2.15. The zero-order chi connectivity index (χ0) is 14.0. The molecule has 0 saturated heterocycles. The zero-order valence-electron chi connectivity index (χ0n) is 11.4. The maximum Gasteiger partial charge on any atom is 0.336 e. The van der Waals surface area contributed by atoms with Gasteiger partial charge in [-0.25, -0.2) is 4.79 Å². The molecule has 4 heteroatoms. The van der Waals surface area contributed by atoms with Crippen molar-refractivity contribution < 1.29 is 14.3 Å². The van der Waals surface area contributed by atoms with Crippen LogP contribution in [0.2, 0.25) is 0 Å².